The number of aliphatic hydroxyl groups excluding tert-OH is 2. The second kappa shape index (κ2) is 16.7. The lowest BCUT2D eigenvalue weighted by Crippen LogP contribution is -2.45. The zero-order valence-electron chi connectivity index (χ0n) is 28.1. The molecule has 5 rings (SSSR count). The molecule has 254 valence electrons. The quantitative estimate of drug-likeness (QED) is 0.221. The highest BCUT2D eigenvalue weighted by Gasteiger charge is 2.45. The van der Waals surface area contributed by atoms with E-state index in [1.807, 2.05) is 0 Å². The van der Waals surface area contributed by atoms with Gasteiger partial charge in [0.15, 0.2) is 17.7 Å². The Morgan fingerprint density at radius 2 is 1.69 bits per heavy atom. The van der Waals surface area contributed by atoms with Crippen molar-refractivity contribution in [3.05, 3.63) is 0 Å². The summed E-state index contributed by atoms with van der Waals surface area (Å²) in [7, 11) is 1.66. The maximum atomic E-state index is 14.1. The minimum Gasteiger partial charge on any atom is -0.390 e. The number of aliphatic hydroxyl groups is 2. The van der Waals surface area contributed by atoms with E-state index < -0.39 is 18.1 Å². The molecule has 0 spiro atoms. The van der Waals surface area contributed by atoms with Crippen LogP contribution in [0.3, 0.4) is 0 Å². The standard InChI is InChI=1S/C38H62N2O5/c1-3-4-8-24-17-26(18-25-15-16-40-36(39)21-25)19-28-11-13-30(27-9-6-5-7-10-27)31-23-34(42)35(45-2)22-29(31)12-14-33(41)38(44)37(43)32(28)20-24/h24-32,34-36,38,40,42,44H,3-10,12,14-23,39H2,1-2H3/t24-,25?,26-,28-,29?,30+,31?,32-,34?,35?,36?,38-/m0/s1. The average Bonchev–Trinajstić information content (AvgIpc) is 3.21. The molecule has 1 aliphatic heterocycles. The minimum atomic E-state index is -1.57. The Labute approximate surface area is 272 Å². The van der Waals surface area contributed by atoms with Crippen molar-refractivity contribution in [2.24, 2.45) is 59.0 Å². The first-order valence-electron chi connectivity index (χ1n) is 18.7. The van der Waals surface area contributed by atoms with Gasteiger partial charge in [0.1, 0.15) is 0 Å². The fourth-order valence-electron chi connectivity index (χ4n) is 10.2. The summed E-state index contributed by atoms with van der Waals surface area (Å²) >= 11 is 0. The lowest BCUT2D eigenvalue weighted by Gasteiger charge is -2.44. The third kappa shape index (κ3) is 8.99. The molecule has 0 aromatic rings. The van der Waals surface area contributed by atoms with Gasteiger partial charge < -0.3 is 26.0 Å². The van der Waals surface area contributed by atoms with Crippen LogP contribution in [-0.4, -0.2) is 59.9 Å². The summed E-state index contributed by atoms with van der Waals surface area (Å²) in [5.74, 6) is 8.89. The van der Waals surface area contributed by atoms with Gasteiger partial charge in [-0.2, -0.15) is 0 Å². The van der Waals surface area contributed by atoms with Gasteiger partial charge in [-0.3, -0.25) is 9.59 Å². The van der Waals surface area contributed by atoms with E-state index in [1.54, 1.807) is 7.11 Å². The first kappa shape index (κ1) is 35.0. The molecule has 5 N–H and O–H groups in total. The highest BCUT2D eigenvalue weighted by molar-refractivity contribution is 6.06. The van der Waals surface area contributed by atoms with Crippen LogP contribution in [0.15, 0.2) is 0 Å². The van der Waals surface area contributed by atoms with E-state index in [9.17, 15) is 19.8 Å². The van der Waals surface area contributed by atoms with Gasteiger partial charge in [0.05, 0.1) is 18.4 Å². The molecular formula is C38H62N2O5. The van der Waals surface area contributed by atoms with Gasteiger partial charge in [-0.25, -0.2) is 0 Å². The lowest BCUT2D eigenvalue weighted by molar-refractivity contribution is -0.142. The highest BCUT2D eigenvalue weighted by atomic mass is 16.5. The molecule has 7 heteroatoms. The third-order valence-corrected chi connectivity index (χ3v) is 12.6. The van der Waals surface area contributed by atoms with Crippen LogP contribution in [0.25, 0.3) is 0 Å². The summed E-state index contributed by atoms with van der Waals surface area (Å²) in [6.45, 7) is 3.18. The van der Waals surface area contributed by atoms with E-state index in [1.165, 1.54) is 19.3 Å². The van der Waals surface area contributed by atoms with Crippen molar-refractivity contribution in [3.8, 4) is 11.8 Å². The van der Waals surface area contributed by atoms with Crippen LogP contribution < -0.4 is 11.1 Å². The molecule has 4 fully saturated rings. The van der Waals surface area contributed by atoms with E-state index in [4.69, 9.17) is 10.5 Å². The summed E-state index contributed by atoms with van der Waals surface area (Å²) in [6.07, 6.45) is 15.1. The van der Waals surface area contributed by atoms with Gasteiger partial charge in [-0.05, 0) is 113 Å². The molecular weight excluding hydrogens is 564 g/mol. The van der Waals surface area contributed by atoms with Crippen LogP contribution >= 0.6 is 0 Å². The van der Waals surface area contributed by atoms with E-state index in [0.29, 0.717) is 42.9 Å². The lowest BCUT2D eigenvalue weighted by atomic mass is 9.63. The van der Waals surface area contributed by atoms with Gasteiger partial charge in [-0.1, -0.05) is 57.3 Å². The number of fused-ring (bicyclic) bond motifs is 2. The van der Waals surface area contributed by atoms with E-state index in [2.05, 4.69) is 24.1 Å². The smallest absolute Gasteiger partial charge is 0.173 e. The summed E-state index contributed by atoms with van der Waals surface area (Å²) in [5.41, 5.74) is 6.31. The van der Waals surface area contributed by atoms with Gasteiger partial charge in [-0.15, -0.1) is 0 Å². The van der Waals surface area contributed by atoms with Gasteiger partial charge >= 0.3 is 0 Å². The number of carbonyl (C=O) groups excluding carboxylic acids is 2. The Morgan fingerprint density at radius 3 is 2.42 bits per heavy atom. The maximum Gasteiger partial charge on any atom is 0.173 e. The number of nitrogens with one attached hydrogen (secondary N) is 1. The molecule has 1 heterocycles. The number of ether oxygens (including phenoxy) is 1. The van der Waals surface area contributed by atoms with E-state index in [-0.39, 0.29) is 53.9 Å². The van der Waals surface area contributed by atoms with E-state index in [0.717, 1.165) is 77.2 Å². The van der Waals surface area contributed by atoms with Crippen molar-refractivity contribution < 1.29 is 24.5 Å². The summed E-state index contributed by atoms with van der Waals surface area (Å²) in [6, 6.07) is 0. The van der Waals surface area contributed by atoms with Crippen molar-refractivity contribution in [1.29, 1.82) is 0 Å². The number of hydrogen-bond donors (Lipinski definition) is 4. The Morgan fingerprint density at radius 1 is 0.889 bits per heavy atom. The normalized spacial score (nSPS) is 42.2. The molecule has 0 amide bonds. The second-order valence-corrected chi connectivity index (χ2v) is 15.7. The van der Waals surface area contributed by atoms with Crippen LogP contribution in [0.1, 0.15) is 122 Å². The Hall–Kier alpha value is -1.30. The van der Waals surface area contributed by atoms with Gasteiger partial charge in [0.2, 0.25) is 0 Å². The van der Waals surface area contributed by atoms with Crippen molar-refractivity contribution >= 4 is 11.6 Å². The molecule has 0 bridgehead atoms. The fraction of sp³-hybridized carbons (Fsp3) is 0.895. The predicted octanol–water partition coefficient (Wildman–Crippen LogP) is 5.39. The van der Waals surface area contributed by atoms with Crippen LogP contribution in [0, 0.1) is 65.1 Å². The number of ketones is 2. The third-order valence-electron chi connectivity index (χ3n) is 12.6. The van der Waals surface area contributed by atoms with Gasteiger partial charge in [0.25, 0.3) is 0 Å². The summed E-state index contributed by atoms with van der Waals surface area (Å²) in [4.78, 5) is 27.6. The number of carbonyl (C=O) groups is 2. The SMILES string of the molecule is CCCC[C@H]1C[C@@H](CC2CCNC(N)C2)C[C@@H]2C#C[C@H](C3CCCCC3)C3CC(O)C(OC)CC3CCC(=O)[C@H](O)C(=O)[C@H]2C1. The number of Topliss-reactive ketones (excluding diaryl/α,β-unsaturated/α-hetero) is 2. The Balaban J connectivity index is 1.51. The van der Waals surface area contributed by atoms with Gasteiger partial charge in [0, 0.05) is 31.3 Å². The zero-order valence-corrected chi connectivity index (χ0v) is 28.1. The zero-order chi connectivity index (χ0) is 31.9. The molecule has 0 aromatic heterocycles. The van der Waals surface area contributed by atoms with Crippen LogP contribution in [-0.2, 0) is 14.3 Å². The molecule has 7 nitrogen and oxygen atoms in total. The number of rotatable bonds is 7. The van der Waals surface area contributed by atoms with Crippen molar-refractivity contribution in [2.45, 2.75) is 147 Å². The van der Waals surface area contributed by atoms with E-state index >= 15 is 0 Å². The summed E-state index contributed by atoms with van der Waals surface area (Å²) in [5, 5.41) is 25.8. The topological polar surface area (TPSA) is 122 Å². The second-order valence-electron chi connectivity index (χ2n) is 15.7. The largest absolute Gasteiger partial charge is 0.390 e. The number of hydrogen-bond acceptors (Lipinski definition) is 7. The molecule has 0 aromatic carbocycles. The van der Waals surface area contributed by atoms with Crippen LogP contribution in [0.4, 0.5) is 0 Å². The molecule has 45 heavy (non-hydrogen) atoms. The average molecular weight is 627 g/mol. The Bertz CT molecular complexity index is 1030. The predicted molar refractivity (Wildman–Crippen MR) is 177 cm³/mol. The number of nitrogens with two attached hydrogens (primary N) is 1. The molecule has 12 atom stereocenters. The molecule has 3 saturated carbocycles. The molecule has 6 unspecified atom stereocenters. The van der Waals surface area contributed by atoms with Crippen LogP contribution in [0.5, 0.6) is 0 Å². The molecule has 1 saturated heterocycles. The molecule has 4 aliphatic carbocycles. The first-order chi connectivity index (χ1) is 21.8. The van der Waals surface area contributed by atoms with Crippen molar-refractivity contribution in [1.82, 2.24) is 5.32 Å². The number of methoxy groups -OCH3 is 1. The molecule has 0 radical (unpaired) electrons. The fourth-order valence-corrected chi connectivity index (χ4v) is 10.2. The number of unbranched alkanes of at least 4 members (excludes halogenated alkanes) is 1. The van der Waals surface area contributed by atoms with Crippen LogP contribution in [0.2, 0.25) is 0 Å². The van der Waals surface area contributed by atoms with Crippen molar-refractivity contribution in [2.75, 3.05) is 13.7 Å². The minimum absolute atomic E-state index is 0.0507. The highest BCUT2D eigenvalue weighted by Crippen LogP contribution is 2.46. The first-order valence-corrected chi connectivity index (χ1v) is 18.7. The maximum absolute atomic E-state index is 14.1. The Kier molecular flexibility index (Phi) is 13.0. The van der Waals surface area contributed by atoms with Crippen molar-refractivity contribution in [3.63, 3.8) is 0 Å². The number of piperidine rings is 1. The molecule has 5 aliphatic rings. The monoisotopic (exact) mass is 626 g/mol. The summed E-state index contributed by atoms with van der Waals surface area (Å²) < 4.78 is 5.69.